The van der Waals surface area contributed by atoms with Crippen molar-refractivity contribution in [3.8, 4) is 17.0 Å². The van der Waals surface area contributed by atoms with Crippen LogP contribution in [0.5, 0.6) is 5.75 Å². The van der Waals surface area contributed by atoms with Crippen molar-refractivity contribution in [2.75, 3.05) is 5.73 Å². The molecule has 2 aromatic rings. The van der Waals surface area contributed by atoms with Crippen molar-refractivity contribution in [1.82, 2.24) is 4.98 Å². The van der Waals surface area contributed by atoms with Crippen LogP contribution in [-0.2, 0) is 5.60 Å². The second-order valence-electron chi connectivity index (χ2n) is 4.34. The number of aromatic nitrogens is 1. The van der Waals surface area contributed by atoms with Gasteiger partial charge in [0.25, 0.3) is 0 Å². The number of benzene rings is 1. The minimum absolute atomic E-state index is 0.348. The maximum atomic E-state index is 5.97. The Labute approximate surface area is 97.9 Å². The fraction of sp³-hybridized carbons (Fsp3) is 0.250. The van der Waals surface area contributed by atoms with E-state index in [1.807, 2.05) is 38.1 Å². The molecule has 0 bridgehead atoms. The van der Waals surface area contributed by atoms with Crippen molar-refractivity contribution < 1.29 is 4.74 Å². The van der Waals surface area contributed by atoms with Gasteiger partial charge in [-0.15, -0.1) is 0 Å². The summed E-state index contributed by atoms with van der Waals surface area (Å²) in [5.74, 6) is 0.880. The summed E-state index contributed by atoms with van der Waals surface area (Å²) >= 11 is 1.50. The molecule has 0 amide bonds. The van der Waals surface area contributed by atoms with Crippen LogP contribution in [-0.4, -0.2) is 4.98 Å². The highest BCUT2D eigenvalue weighted by atomic mass is 32.1. The molecule has 1 aromatic heterocycles. The van der Waals surface area contributed by atoms with Gasteiger partial charge < -0.3 is 10.5 Å². The van der Waals surface area contributed by atoms with Crippen LogP contribution < -0.4 is 10.5 Å². The zero-order valence-electron chi connectivity index (χ0n) is 9.15. The molecule has 1 aliphatic rings. The molecule has 2 heterocycles. The van der Waals surface area contributed by atoms with Gasteiger partial charge in [-0.25, -0.2) is 4.98 Å². The lowest BCUT2D eigenvalue weighted by Gasteiger charge is -2.31. The highest BCUT2D eigenvalue weighted by Gasteiger charge is 2.35. The van der Waals surface area contributed by atoms with Crippen LogP contribution in [0.1, 0.15) is 18.7 Å². The number of rotatable bonds is 0. The van der Waals surface area contributed by atoms with Gasteiger partial charge in [-0.1, -0.05) is 23.5 Å². The molecule has 0 aliphatic carbocycles. The summed E-state index contributed by atoms with van der Waals surface area (Å²) in [4.78, 5) is 5.51. The number of anilines is 1. The fourth-order valence-corrected chi connectivity index (χ4v) is 2.89. The minimum Gasteiger partial charge on any atom is -0.482 e. The molecule has 3 rings (SSSR count). The Kier molecular flexibility index (Phi) is 1.80. The lowest BCUT2D eigenvalue weighted by molar-refractivity contribution is 0.109. The van der Waals surface area contributed by atoms with E-state index in [9.17, 15) is 0 Å². The summed E-state index contributed by atoms with van der Waals surface area (Å²) in [7, 11) is 0. The van der Waals surface area contributed by atoms with E-state index in [2.05, 4.69) is 4.98 Å². The SMILES string of the molecule is CC1(C)Oc2ccccc2-c2nc(N)sc21. The normalized spacial score (nSPS) is 16.1. The predicted octanol–water partition coefficient (Wildman–Crippen LogP) is 3.02. The maximum Gasteiger partial charge on any atom is 0.180 e. The van der Waals surface area contributed by atoms with Crippen molar-refractivity contribution in [3.63, 3.8) is 0 Å². The van der Waals surface area contributed by atoms with E-state index in [0.29, 0.717) is 5.13 Å². The van der Waals surface area contributed by atoms with E-state index in [4.69, 9.17) is 10.5 Å². The third-order valence-electron chi connectivity index (χ3n) is 2.70. The number of thiazole rings is 1. The third kappa shape index (κ3) is 1.23. The quantitative estimate of drug-likeness (QED) is 0.759. The van der Waals surface area contributed by atoms with E-state index in [0.717, 1.165) is 21.9 Å². The molecule has 2 N–H and O–H groups in total. The Hall–Kier alpha value is -1.55. The molecule has 0 saturated carbocycles. The molecule has 1 aromatic carbocycles. The minimum atomic E-state index is -0.348. The Balaban J connectivity index is 2.33. The molecule has 4 heteroatoms. The van der Waals surface area contributed by atoms with E-state index < -0.39 is 0 Å². The Bertz CT molecular complexity index is 560. The number of fused-ring (bicyclic) bond motifs is 3. The standard InChI is InChI=1S/C12H12N2OS/c1-12(2)10-9(14-11(13)16-10)7-5-3-4-6-8(7)15-12/h3-6H,1-2H3,(H2,13,14). The van der Waals surface area contributed by atoms with Gasteiger partial charge in [0.05, 0.1) is 10.6 Å². The molecular weight excluding hydrogens is 220 g/mol. The van der Waals surface area contributed by atoms with Crippen LogP contribution in [0.25, 0.3) is 11.3 Å². The van der Waals surface area contributed by atoms with Crippen LogP contribution in [0.4, 0.5) is 5.13 Å². The number of nitrogens with two attached hydrogens (primary N) is 1. The molecule has 16 heavy (non-hydrogen) atoms. The second-order valence-corrected chi connectivity index (χ2v) is 5.37. The molecule has 1 aliphatic heterocycles. The average molecular weight is 232 g/mol. The van der Waals surface area contributed by atoms with Crippen molar-refractivity contribution in [2.24, 2.45) is 0 Å². The molecule has 0 atom stereocenters. The lowest BCUT2D eigenvalue weighted by Crippen LogP contribution is -2.27. The van der Waals surface area contributed by atoms with Gasteiger partial charge in [0.1, 0.15) is 11.4 Å². The summed E-state index contributed by atoms with van der Waals surface area (Å²) in [6, 6.07) is 7.94. The van der Waals surface area contributed by atoms with Crippen molar-refractivity contribution in [1.29, 1.82) is 0 Å². The monoisotopic (exact) mass is 232 g/mol. The van der Waals surface area contributed by atoms with E-state index >= 15 is 0 Å². The van der Waals surface area contributed by atoms with Crippen molar-refractivity contribution >= 4 is 16.5 Å². The van der Waals surface area contributed by atoms with Gasteiger partial charge in [0, 0.05) is 5.56 Å². The number of nitrogen functional groups attached to an aromatic ring is 1. The average Bonchev–Trinajstić information content (AvgIpc) is 2.61. The fourth-order valence-electron chi connectivity index (χ4n) is 2.00. The van der Waals surface area contributed by atoms with Gasteiger partial charge in [-0.05, 0) is 26.0 Å². The molecule has 0 radical (unpaired) electrons. The highest BCUT2D eigenvalue weighted by Crippen LogP contribution is 2.47. The molecular formula is C12H12N2OS. The van der Waals surface area contributed by atoms with E-state index in [1.54, 1.807) is 0 Å². The van der Waals surface area contributed by atoms with Crippen molar-refractivity contribution in [2.45, 2.75) is 19.4 Å². The zero-order valence-corrected chi connectivity index (χ0v) is 9.97. The maximum absolute atomic E-state index is 5.97. The van der Waals surface area contributed by atoms with Crippen LogP contribution in [0.3, 0.4) is 0 Å². The number of para-hydroxylation sites is 1. The summed E-state index contributed by atoms with van der Waals surface area (Å²) in [5, 5.41) is 0.596. The zero-order chi connectivity index (χ0) is 11.3. The Morgan fingerprint density at radius 3 is 2.88 bits per heavy atom. The predicted molar refractivity (Wildman–Crippen MR) is 65.6 cm³/mol. The first kappa shape index (κ1) is 9.66. The summed E-state index contributed by atoms with van der Waals surface area (Å²) in [5.41, 5.74) is 7.44. The van der Waals surface area contributed by atoms with Gasteiger partial charge in [0.2, 0.25) is 0 Å². The topological polar surface area (TPSA) is 48.1 Å². The van der Waals surface area contributed by atoms with Crippen LogP contribution in [0, 0.1) is 0 Å². The largest absolute Gasteiger partial charge is 0.482 e. The lowest BCUT2D eigenvalue weighted by atomic mass is 9.97. The molecule has 0 unspecified atom stereocenters. The molecule has 0 saturated heterocycles. The highest BCUT2D eigenvalue weighted by molar-refractivity contribution is 7.16. The van der Waals surface area contributed by atoms with E-state index in [1.165, 1.54) is 11.3 Å². The number of hydrogen-bond donors (Lipinski definition) is 1. The van der Waals surface area contributed by atoms with E-state index in [-0.39, 0.29) is 5.60 Å². The molecule has 0 spiro atoms. The number of hydrogen-bond acceptors (Lipinski definition) is 4. The van der Waals surface area contributed by atoms with Gasteiger partial charge >= 0.3 is 0 Å². The summed E-state index contributed by atoms with van der Waals surface area (Å²) < 4.78 is 5.97. The third-order valence-corrected chi connectivity index (χ3v) is 3.89. The summed E-state index contributed by atoms with van der Waals surface area (Å²) in [6.07, 6.45) is 0. The first-order valence-electron chi connectivity index (χ1n) is 5.13. The van der Waals surface area contributed by atoms with Crippen LogP contribution in [0.2, 0.25) is 0 Å². The van der Waals surface area contributed by atoms with Gasteiger partial charge in [-0.2, -0.15) is 0 Å². The Morgan fingerprint density at radius 1 is 1.31 bits per heavy atom. The Morgan fingerprint density at radius 2 is 2.06 bits per heavy atom. The van der Waals surface area contributed by atoms with Crippen LogP contribution >= 0.6 is 11.3 Å². The molecule has 0 fully saturated rings. The second kappa shape index (κ2) is 2.98. The summed E-state index contributed by atoms with van der Waals surface area (Å²) in [6.45, 7) is 4.08. The van der Waals surface area contributed by atoms with Crippen LogP contribution in [0.15, 0.2) is 24.3 Å². The van der Waals surface area contributed by atoms with Gasteiger partial charge in [0.15, 0.2) is 5.13 Å². The van der Waals surface area contributed by atoms with Crippen molar-refractivity contribution in [3.05, 3.63) is 29.1 Å². The smallest absolute Gasteiger partial charge is 0.180 e. The van der Waals surface area contributed by atoms with Gasteiger partial charge in [-0.3, -0.25) is 0 Å². The molecule has 3 nitrogen and oxygen atoms in total. The first-order chi connectivity index (χ1) is 7.58. The number of ether oxygens (including phenoxy) is 1. The first-order valence-corrected chi connectivity index (χ1v) is 5.95. The molecule has 82 valence electrons. The number of nitrogens with zero attached hydrogens (tertiary/aromatic N) is 1.